The summed E-state index contributed by atoms with van der Waals surface area (Å²) in [5, 5.41) is 8.15. The molecule has 0 atom stereocenters. The Labute approximate surface area is 102 Å². The largest absolute Gasteiger partial charge is 0.325 e. The van der Waals surface area contributed by atoms with E-state index in [-0.39, 0.29) is 0 Å². The monoisotopic (exact) mass is 235 g/mol. The van der Waals surface area contributed by atoms with Crippen LogP contribution in [0.1, 0.15) is 35.8 Å². The maximum Gasteiger partial charge on any atom is 0.0808 e. The van der Waals surface area contributed by atoms with E-state index in [4.69, 9.17) is 10.8 Å². The Kier molecular flexibility index (Phi) is 2.90. The molecule has 0 aromatic carbocycles. The van der Waals surface area contributed by atoms with Gasteiger partial charge in [-0.25, -0.2) is 0 Å². The predicted molar refractivity (Wildman–Crippen MR) is 66.4 cm³/mol. The molecule has 3 heterocycles. The van der Waals surface area contributed by atoms with E-state index in [0.717, 1.165) is 31.9 Å². The maximum atomic E-state index is 5.80. The van der Waals surface area contributed by atoms with Crippen LogP contribution in [0.4, 0.5) is 0 Å². The molecule has 1 aromatic heterocycles. The fraction of sp³-hybridized carbons (Fsp3) is 0.750. The fourth-order valence-corrected chi connectivity index (χ4v) is 3.00. The van der Waals surface area contributed by atoms with Crippen LogP contribution in [0.15, 0.2) is 0 Å². The molecule has 3 N–H and O–H groups in total. The number of piperidine rings is 1. The lowest BCUT2D eigenvalue weighted by Crippen LogP contribution is -2.31. The molecule has 1 saturated heterocycles. The molecule has 5 heteroatoms. The van der Waals surface area contributed by atoms with Crippen LogP contribution >= 0.6 is 0 Å². The molecule has 0 bridgehead atoms. The molecule has 2 aliphatic rings. The number of hydrogen-bond acceptors (Lipinski definition) is 4. The van der Waals surface area contributed by atoms with Crippen molar-refractivity contribution in [1.29, 1.82) is 0 Å². The number of fused-ring (bicyclic) bond motifs is 1. The van der Waals surface area contributed by atoms with Gasteiger partial charge in [0.05, 0.1) is 17.4 Å². The standard InChI is InChI=1S/C12H21N5/c1-16-7-10-11(6-13)15-17(12(10)8-16)9-2-4-14-5-3-9/h9,14H,2-8,13H2,1H3. The van der Waals surface area contributed by atoms with E-state index < -0.39 is 0 Å². The Bertz CT molecular complexity index is 405. The molecule has 0 aliphatic carbocycles. The summed E-state index contributed by atoms with van der Waals surface area (Å²) in [7, 11) is 2.16. The molecular weight excluding hydrogens is 214 g/mol. The van der Waals surface area contributed by atoms with Gasteiger partial charge in [-0.15, -0.1) is 0 Å². The number of nitrogens with zero attached hydrogens (tertiary/aromatic N) is 3. The minimum Gasteiger partial charge on any atom is -0.325 e. The van der Waals surface area contributed by atoms with Crippen molar-refractivity contribution >= 4 is 0 Å². The highest BCUT2D eigenvalue weighted by atomic mass is 15.3. The normalized spacial score (nSPS) is 22.0. The highest BCUT2D eigenvalue weighted by molar-refractivity contribution is 5.30. The fourth-order valence-electron chi connectivity index (χ4n) is 3.00. The van der Waals surface area contributed by atoms with Gasteiger partial charge in [0, 0.05) is 25.2 Å². The van der Waals surface area contributed by atoms with Gasteiger partial charge in [-0.1, -0.05) is 0 Å². The van der Waals surface area contributed by atoms with Crippen molar-refractivity contribution < 1.29 is 0 Å². The molecular formula is C12H21N5. The molecule has 0 unspecified atom stereocenters. The van der Waals surface area contributed by atoms with Crippen molar-refractivity contribution in [3.05, 3.63) is 17.0 Å². The van der Waals surface area contributed by atoms with Crippen molar-refractivity contribution in [2.75, 3.05) is 20.1 Å². The minimum absolute atomic E-state index is 0.564. The molecule has 0 saturated carbocycles. The van der Waals surface area contributed by atoms with Crippen molar-refractivity contribution in [3.8, 4) is 0 Å². The van der Waals surface area contributed by atoms with Crippen molar-refractivity contribution in [2.45, 2.75) is 38.5 Å². The first-order valence-electron chi connectivity index (χ1n) is 6.48. The highest BCUT2D eigenvalue weighted by Gasteiger charge is 2.28. The summed E-state index contributed by atoms with van der Waals surface area (Å²) in [5.74, 6) is 0. The molecule has 3 rings (SSSR count). The van der Waals surface area contributed by atoms with Gasteiger partial charge in [-0.2, -0.15) is 5.10 Å². The molecule has 17 heavy (non-hydrogen) atoms. The van der Waals surface area contributed by atoms with E-state index in [2.05, 4.69) is 21.9 Å². The average Bonchev–Trinajstić information content (AvgIpc) is 2.87. The second kappa shape index (κ2) is 4.40. The minimum atomic E-state index is 0.564. The number of aromatic nitrogens is 2. The Hall–Kier alpha value is -0.910. The van der Waals surface area contributed by atoms with Crippen LogP contribution in [-0.2, 0) is 19.6 Å². The topological polar surface area (TPSA) is 59.1 Å². The van der Waals surface area contributed by atoms with Crippen LogP contribution in [0, 0.1) is 0 Å². The highest BCUT2D eigenvalue weighted by Crippen LogP contribution is 2.29. The molecule has 0 spiro atoms. The lowest BCUT2D eigenvalue weighted by Gasteiger charge is -2.24. The van der Waals surface area contributed by atoms with Gasteiger partial charge >= 0.3 is 0 Å². The lowest BCUT2D eigenvalue weighted by molar-refractivity contribution is 0.305. The van der Waals surface area contributed by atoms with E-state index in [1.54, 1.807) is 0 Å². The van der Waals surface area contributed by atoms with Crippen LogP contribution in [0.25, 0.3) is 0 Å². The van der Waals surface area contributed by atoms with Crippen LogP contribution in [-0.4, -0.2) is 34.8 Å². The van der Waals surface area contributed by atoms with Crippen LogP contribution in [0.3, 0.4) is 0 Å². The Morgan fingerprint density at radius 2 is 2.12 bits per heavy atom. The van der Waals surface area contributed by atoms with E-state index in [1.807, 2.05) is 0 Å². The molecule has 5 nitrogen and oxygen atoms in total. The zero-order valence-corrected chi connectivity index (χ0v) is 10.4. The molecule has 94 valence electrons. The number of nitrogens with two attached hydrogens (primary N) is 1. The van der Waals surface area contributed by atoms with Gasteiger partial charge in [0.1, 0.15) is 0 Å². The first-order valence-corrected chi connectivity index (χ1v) is 6.48. The third kappa shape index (κ3) is 1.88. The predicted octanol–water partition coefficient (Wildman–Crippen LogP) is 0.212. The van der Waals surface area contributed by atoms with Gasteiger partial charge in [-0.05, 0) is 33.0 Å². The summed E-state index contributed by atoms with van der Waals surface area (Å²) in [4.78, 5) is 2.34. The molecule has 1 fully saturated rings. The Morgan fingerprint density at radius 1 is 1.35 bits per heavy atom. The van der Waals surface area contributed by atoms with Crippen LogP contribution in [0.5, 0.6) is 0 Å². The zero-order chi connectivity index (χ0) is 11.8. The van der Waals surface area contributed by atoms with Crippen LogP contribution < -0.4 is 11.1 Å². The smallest absolute Gasteiger partial charge is 0.0808 e. The quantitative estimate of drug-likeness (QED) is 0.769. The number of nitrogens with one attached hydrogen (secondary N) is 1. The first kappa shape index (κ1) is 11.2. The summed E-state index contributed by atoms with van der Waals surface area (Å²) in [6.07, 6.45) is 2.36. The van der Waals surface area contributed by atoms with E-state index >= 15 is 0 Å². The van der Waals surface area contributed by atoms with Gasteiger partial charge in [0.2, 0.25) is 0 Å². The maximum absolute atomic E-state index is 5.80. The second-order valence-electron chi connectivity index (χ2n) is 5.17. The average molecular weight is 235 g/mol. The Morgan fingerprint density at radius 3 is 2.82 bits per heavy atom. The summed E-state index contributed by atoms with van der Waals surface area (Å²) >= 11 is 0. The van der Waals surface area contributed by atoms with Gasteiger partial charge in [0.25, 0.3) is 0 Å². The summed E-state index contributed by atoms with van der Waals surface area (Å²) in [5.41, 5.74) is 9.69. The van der Waals surface area contributed by atoms with E-state index in [1.165, 1.54) is 24.1 Å². The first-order chi connectivity index (χ1) is 8.29. The summed E-state index contributed by atoms with van der Waals surface area (Å²) in [6, 6.07) is 0.566. The van der Waals surface area contributed by atoms with Gasteiger partial charge in [-0.3, -0.25) is 9.58 Å². The lowest BCUT2D eigenvalue weighted by atomic mass is 10.1. The van der Waals surface area contributed by atoms with E-state index in [9.17, 15) is 0 Å². The third-order valence-corrected chi connectivity index (χ3v) is 3.90. The van der Waals surface area contributed by atoms with Crippen molar-refractivity contribution in [2.24, 2.45) is 5.73 Å². The molecule has 0 radical (unpaired) electrons. The summed E-state index contributed by atoms with van der Waals surface area (Å²) < 4.78 is 2.27. The third-order valence-electron chi connectivity index (χ3n) is 3.90. The number of rotatable bonds is 2. The van der Waals surface area contributed by atoms with Gasteiger partial charge in [0.15, 0.2) is 0 Å². The van der Waals surface area contributed by atoms with Gasteiger partial charge < -0.3 is 11.1 Å². The second-order valence-corrected chi connectivity index (χ2v) is 5.17. The summed E-state index contributed by atoms with van der Waals surface area (Å²) in [6.45, 7) is 4.80. The molecule has 0 amide bonds. The Balaban J connectivity index is 1.94. The molecule has 2 aliphatic heterocycles. The van der Waals surface area contributed by atoms with E-state index in [0.29, 0.717) is 12.6 Å². The van der Waals surface area contributed by atoms with Crippen molar-refractivity contribution in [1.82, 2.24) is 20.0 Å². The van der Waals surface area contributed by atoms with Crippen molar-refractivity contribution in [3.63, 3.8) is 0 Å². The van der Waals surface area contributed by atoms with Crippen LogP contribution in [0.2, 0.25) is 0 Å². The SMILES string of the molecule is CN1Cc2c(CN)nn(C3CCNCC3)c2C1. The molecule has 1 aromatic rings. The number of hydrogen-bond donors (Lipinski definition) is 2. The zero-order valence-electron chi connectivity index (χ0n) is 10.4.